The molecule has 0 aliphatic carbocycles. The van der Waals surface area contributed by atoms with Gasteiger partial charge in [-0.2, -0.15) is 0 Å². The summed E-state index contributed by atoms with van der Waals surface area (Å²) in [6.45, 7) is 4.26. The molecule has 0 heterocycles. The fraction of sp³-hybridized carbons (Fsp3) is 0.294. The number of aryl methyl sites for hydroxylation is 3. The summed E-state index contributed by atoms with van der Waals surface area (Å²) in [7, 11) is 0. The molecule has 0 aliphatic heterocycles. The molecule has 0 saturated heterocycles. The third-order valence-corrected chi connectivity index (χ3v) is 3.41. The Balaban J connectivity index is 2.01. The molecule has 1 unspecified atom stereocenters. The highest BCUT2D eigenvalue weighted by Gasteiger charge is 2.08. The minimum absolute atomic E-state index is 0.130. The molecule has 0 saturated carbocycles. The van der Waals surface area contributed by atoms with Crippen molar-refractivity contribution in [2.45, 2.75) is 32.7 Å². The van der Waals surface area contributed by atoms with Gasteiger partial charge >= 0.3 is 0 Å². The summed E-state index contributed by atoms with van der Waals surface area (Å²) in [4.78, 5) is 0. The van der Waals surface area contributed by atoms with Gasteiger partial charge in [0, 0.05) is 6.04 Å². The summed E-state index contributed by atoms with van der Waals surface area (Å²) < 4.78 is 0. The van der Waals surface area contributed by atoms with E-state index in [1.807, 2.05) is 6.07 Å². The summed E-state index contributed by atoms with van der Waals surface area (Å²) in [5.41, 5.74) is 11.5. The number of nitrogens with two attached hydrogens (primary N) is 1. The van der Waals surface area contributed by atoms with Crippen LogP contribution in [-0.4, -0.2) is 0 Å². The lowest BCUT2D eigenvalue weighted by molar-refractivity contribution is 0.647. The van der Waals surface area contributed by atoms with E-state index < -0.39 is 0 Å². The molecule has 0 fully saturated rings. The van der Waals surface area contributed by atoms with Crippen molar-refractivity contribution in [3.05, 3.63) is 70.8 Å². The van der Waals surface area contributed by atoms with E-state index in [0.717, 1.165) is 12.8 Å². The molecule has 0 spiro atoms. The van der Waals surface area contributed by atoms with E-state index in [1.54, 1.807) is 0 Å². The van der Waals surface area contributed by atoms with Crippen molar-refractivity contribution < 1.29 is 0 Å². The lowest BCUT2D eigenvalue weighted by Crippen LogP contribution is -2.12. The Kier molecular flexibility index (Phi) is 4.16. The van der Waals surface area contributed by atoms with Gasteiger partial charge in [0.1, 0.15) is 0 Å². The van der Waals surface area contributed by atoms with Crippen LogP contribution in [0.4, 0.5) is 0 Å². The van der Waals surface area contributed by atoms with Crippen LogP contribution >= 0.6 is 0 Å². The van der Waals surface area contributed by atoms with Crippen LogP contribution in [0, 0.1) is 13.8 Å². The van der Waals surface area contributed by atoms with Crippen LogP contribution in [0.15, 0.2) is 48.5 Å². The fourth-order valence-electron chi connectivity index (χ4n) is 2.36. The highest BCUT2D eigenvalue weighted by molar-refractivity contribution is 5.32. The molecule has 2 aromatic carbocycles. The van der Waals surface area contributed by atoms with Crippen molar-refractivity contribution in [1.29, 1.82) is 0 Å². The highest BCUT2D eigenvalue weighted by Crippen LogP contribution is 2.21. The van der Waals surface area contributed by atoms with Gasteiger partial charge < -0.3 is 5.73 Å². The number of rotatable bonds is 4. The molecule has 94 valence electrons. The van der Waals surface area contributed by atoms with Gasteiger partial charge in [0.25, 0.3) is 0 Å². The molecule has 2 rings (SSSR count). The lowest BCUT2D eigenvalue weighted by atomic mass is 9.95. The molecular weight excluding hydrogens is 218 g/mol. The van der Waals surface area contributed by atoms with Crippen molar-refractivity contribution in [1.82, 2.24) is 0 Å². The van der Waals surface area contributed by atoms with E-state index in [2.05, 4.69) is 56.3 Å². The Morgan fingerprint density at radius 2 is 1.72 bits per heavy atom. The molecule has 18 heavy (non-hydrogen) atoms. The Bertz CT molecular complexity index is 502. The molecule has 2 aromatic rings. The predicted molar refractivity (Wildman–Crippen MR) is 77.6 cm³/mol. The summed E-state index contributed by atoms with van der Waals surface area (Å²) >= 11 is 0. The molecule has 0 amide bonds. The zero-order valence-corrected chi connectivity index (χ0v) is 11.2. The van der Waals surface area contributed by atoms with Crippen LogP contribution in [0.1, 0.15) is 34.7 Å². The normalized spacial score (nSPS) is 12.4. The van der Waals surface area contributed by atoms with E-state index in [9.17, 15) is 0 Å². The van der Waals surface area contributed by atoms with Crippen LogP contribution in [-0.2, 0) is 6.42 Å². The lowest BCUT2D eigenvalue weighted by Gasteiger charge is -2.15. The number of benzene rings is 2. The molecule has 0 radical (unpaired) electrons. The second kappa shape index (κ2) is 5.83. The van der Waals surface area contributed by atoms with Gasteiger partial charge in [-0.05, 0) is 43.4 Å². The maximum Gasteiger partial charge on any atom is 0.0300 e. The average Bonchev–Trinajstić information content (AvgIpc) is 2.37. The standard InChI is InChI=1S/C17H21N/c1-13-8-10-16(14(2)12-13)17(18)11-9-15-6-4-3-5-7-15/h3-8,10,12,17H,9,11,18H2,1-2H3. The van der Waals surface area contributed by atoms with E-state index >= 15 is 0 Å². The molecule has 2 N–H and O–H groups in total. The maximum atomic E-state index is 6.29. The predicted octanol–water partition coefficient (Wildman–Crippen LogP) is 3.94. The largest absolute Gasteiger partial charge is 0.324 e. The fourth-order valence-corrected chi connectivity index (χ4v) is 2.36. The first-order chi connectivity index (χ1) is 8.66. The van der Waals surface area contributed by atoms with Gasteiger partial charge in [0.2, 0.25) is 0 Å². The monoisotopic (exact) mass is 239 g/mol. The molecule has 1 heteroatoms. The second-order valence-corrected chi connectivity index (χ2v) is 4.99. The topological polar surface area (TPSA) is 26.0 Å². The van der Waals surface area contributed by atoms with E-state index in [1.165, 1.54) is 22.3 Å². The third-order valence-electron chi connectivity index (χ3n) is 3.41. The van der Waals surface area contributed by atoms with Crippen molar-refractivity contribution in [3.8, 4) is 0 Å². The first-order valence-electron chi connectivity index (χ1n) is 6.53. The smallest absolute Gasteiger partial charge is 0.0300 e. The molecular formula is C17H21N. The number of hydrogen-bond donors (Lipinski definition) is 1. The van der Waals surface area contributed by atoms with Gasteiger partial charge in [-0.1, -0.05) is 54.1 Å². The molecule has 0 aromatic heterocycles. The van der Waals surface area contributed by atoms with Gasteiger partial charge in [-0.3, -0.25) is 0 Å². The van der Waals surface area contributed by atoms with Crippen LogP contribution in [0.2, 0.25) is 0 Å². The Labute approximate surface area is 110 Å². The first-order valence-corrected chi connectivity index (χ1v) is 6.53. The Morgan fingerprint density at radius 3 is 2.39 bits per heavy atom. The molecule has 0 bridgehead atoms. The zero-order chi connectivity index (χ0) is 13.0. The number of hydrogen-bond acceptors (Lipinski definition) is 1. The zero-order valence-electron chi connectivity index (χ0n) is 11.2. The van der Waals surface area contributed by atoms with Crippen molar-refractivity contribution in [2.24, 2.45) is 5.73 Å². The van der Waals surface area contributed by atoms with E-state index in [-0.39, 0.29) is 6.04 Å². The summed E-state index contributed by atoms with van der Waals surface area (Å²) in [6.07, 6.45) is 2.03. The Hall–Kier alpha value is -1.60. The van der Waals surface area contributed by atoms with Crippen molar-refractivity contribution in [2.75, 3.05) is 0 Å². The first kappa shape index (κ1) is 12.8. The van der Waals surface area contributed by atoms with Crippen LogP contribution in [0.3, 0.4) is 0 Å². The van der Waals surface area contributed by atoms with Crippen molar-refractivity contribution in [3.63, 3.8) is 0 Å². The Morgan fingerprint density at radius 1 is 1.00 bits per heavy atom. The SMILES string of the molecule is Cc1ccc(C(N)CCc2ccccc2)c(C)c1. The maximum absolute atomic E-state index is 6.29. The van der Waals surface area contributed by atoms with E-state index in [4.69, 9.17) is 5.73 Å². The molecule has 1 atom stereocenters. The van der Waals surface area contributed by atoms with Gasteiger partial charge in [-0.25, -0.2) is 0 Å². The average molecular weight is 239 g/mol. The van der Waals surface area contributed by atoms with Gasteiger partial charge in [0.15, 0.2) is 0 Å². The second-order valence-electron chi connectivity index (χ2n) is 4.99. The van der Waals surface area contributed by atoms with Gasteiger partial charge in [0.05, 0.1) is 0 Å². The van der Waals surface area contributed by atoms with Crippen molar-refractivity contribution >= 4 is 0 Å². The van der Waals surface area contributed by atoms with Crippen LogP contribution < -0.4 is 5.73 Å². The van der Waals surface area contributed by atoms with Gasteiger partial charge in [-0.15, -0.1) is 0 Å². The summed E-state index contributed by atoms with van der Waals surface area (Å²) in [5, 5.41) is 0. The quantitative estimate of drug-likeness (QED) is 0.859. The van der Waals surface area contributed by atoms with E-state index in [0.29, 0.717) is 0 Å². The summed E-state index contributed by atoms with van der Waals surface area (Å²) in [5.74, 6) is 0. The molecule has 1 nitrogen and oxygen atoms in total. The molecule has 0 aliphatic rings. The van der Waals surface area contributed by atoms with Crippen LogP contribution in [0.5, 0.6) is 0 Å². The summed E-state index contributed by atoms with van der Waals surface area (Å²) in [6, 6.07) is 17.2. The third kappa shape index (κ3) is 3.21. The minimum Gasteiger partial charge on any atom is -0.324 e. The minimum atomic E-state index is 0.130. The van der Waals surface area contributed by atoms with Crippen LogP contribution in [0.25, 0.3) is 0 Å². The highest BCUT2D eigenvalue weighted by atomic mass is 14.6.